The summed E-state index contributed by atoms with van der Waals surface area (Å²) in [6.45, 7) is 4.53. The molecule has 19 heavy (non-hydrogen) atoms. The van der Waals surface area contributed by atoms with Crippen molar-refractivity contribution in [1.82, 2.24) is 4.31 Å². The number of hydrogen-bond donors (Lipinski definition) is 0. The minimum absolute atomic E-state index is 0.0431. The molecule has 108 valence electrons. The summed E-state index contributed by atoms with van der Waals surface area (Å²) in [7, 11) is -3.44. The van der Waals surface area contributed by atoms with Crippen LogP contribution in [0.4, 0.5) is 0 Å². The van der Waals surface area contributed by atoms with E-state index in [0.717, 1.165) is 17.3 Å². The molecule has 0 saturated heterocycles. The third kappa shape index (κ3) is 4.28. The zero-order chi connectivity index (χ0) is 14.5. The SMILES string of the molecule is CCC(CC)N(CCBr)S(=O)(=O)c1cccc(Br)c1. The summed E-state index contributed by atoms with van der Waals surface area (Å²) in [5, 5.41) is 0.636. The Labute approximate surface area is 132 Å². The monoisotopic (exact) mass is 411 g/mol. The van der Waals surface area contributed by atoms with Crippen LogP contribution in [0.25, 0.3) is 0 Å². The molecule has 1 rings (SSSR count). The van der Waals surface area contributed by atoms with E-state index in [4.69, 9.17) is 0 Å². The van der Waals surface area contributed by atoms with Gasteiger partial charge in [0.1, 0.15) is 0 Å². The smallest absolute Gasteiger partial charge is 0.207 e. The Bertz CT molecular complexity index is 501. The second-order valence-electron chi connectivity index (χ2n) is 4.23. The highest BCUT2D eigenvalue weighted by atomic mass is 79.9. The molecular weight excluding hydrogens is 394 g/mol. The second-order valence-corrected chi connectivity index (χ2v) is 7.83. The Hall–Kier alpha value is 0.0900. The number of benzene rings is 1. The van der Waals surface area contributed by atoms with Crippen LogP contribution in [-0.4, -0.2) is 30.6 Å². The van der Waals surface area contributed by atoms with E-state index in [1.165, 1.54) is 0 Å². The number of rotatable bonds is 7. The van der Waals surface area contributed by atoms with Crippen LogP contribution in [0, 0.1) is 0 Å². The molecule has 0 aliphatic carbocycles. The van der Waals surface area contributed by atoms with Gasteiger partial charge in [-0.3, -0.25) is 0 Å². The lowest BCUT2D eigenvalue weighted by Crippen LogP contribution is -2.40. The van der Waals surface area contributed by atoms with E-state index < -0.39 is 10.0 Å². The van der Waals surface area contributed by atoms with Crippen LogP contribution >= 0.6 is 31.9 Å². The molecule has 6 heteroatoms. The maximum atomic E-state index is 12.7. The number of sulfonamides is 1. The van der Waals surface area contributed by atoms with E-state index in [1.807, 2.05) is 19.9 Å². The summed E-state index contributed by atoms with van der Waals surface area (Å²) in [6, 6.07) is 6.91. The Morgan fingerprint density at radius 2 is 1.89 bits per heavy atom. The first-order valence-electron chi connectivity index (χ1n) is 6.30. The average molecular weight is 413 g/mol. The van der Waals surface area contributed by atoms with Crippen molar-refractivity contribution < 1.29 is 8.42 Å². The fourth-order valence-corrected chi connectivity index (χ4v) is 5.03. The molecule has 0 amide bonds. The zero-order valence-electron chi connectivity index (χ0n) is 11.1. The molecular formula is C13H19Br2NO2S. The van der Waals surface area contributed by atoms with Gasteiger partial charge >= 0.3 is 0 Å². The molecule has 0 aromatic heterocycles. The van der Waals surface area contributed by atoms with Crippen LogP contribution in [0.1, 0.15) is 26.7 Å². The standard InChI is InChI=1S/C13H19Br2NO2S/c1-3-12(4-2)16(9-8-14)19(17,18)13-7-5-6-11(15)10-13/h5-7,10,12H,3-4,8-9H2,1-2H3. The zero-order valence-corrected chi connectivity index (χ0v) is 15.1. The van der Waals surface area contributed by atoms with E-state index in [-0.39, 0.29) is 6.04 Å². The van der Waals surface area contributed by atoms with Gasteiger partial charge in [-0.25, -0.2) is 8.42 Å². The van der Waals surface area contributed by atoms with Crippen molar-refractivity contribution in [3.05, 3.63) is 28.7 Å². The molecule has 0 unspecified atom stereocenters. The van der Waals surface area contributed by atoms with Crippen molar-refractivity contribution in [3.8, 4) is 0 Å². The predicted molar refractivity (Wildman–Crippen MR) is 86.2 cm³/mol. The van der Waals surface area contributed by atoms with Crippen molar-refractivity contribution in [1.29, 1.82) is 0 Å². The lowest BCUT2D eigenvalue weighted by molar-refractivity contribution is 0.317. The van der Waals surface area contributed by atoms with Crippen LogP contribution in [0.2, 0.25) is 0 Å². The Kier molecular flexibility index (Phi) is 7.00. The maximum absolute atomic E-state index is 12.7. The van der Waals surface area contributed by atoms with Gasteiger partial charge in [0, 0.05) is 22.4 Å². The summed E-state index contributed by atoms with van der Waals surface area (Å²) in [6.07, 6.45) is 1.63. The summed E-state index contributed by atoms with van der Waals surface area (Å²) in [5.41, 5.74) is 0. The van der Waals surface area contributed by atoms with Gasteiger partial charge in [0.2, 0.25) is 10.0 Å². The topological polar surface area (TPSA) is 37.4 Å². The van der Waals surface area contributed by atoms with Gasteiger partial charge in [0.25, 0.3) is 0 Å². The highest BCUT2D eigenvalue weighted by molar-refractivity contribution is 9.10. The second kappa shape index (κ2) is 7.76. The van der Waals surface area contributed by atoms with Gasteiger partial charge in [-0.05, 0) is 31.0 Å². The molecule has 0 atom stereocenters. The van der Waals surface area contributed by atoms with Crippen molar-refractivity contribution in [2.24, 2.45) is 0 Å². The summed E-state index contributed by atoms with van der Waals surface area (Å²) >= 11 is 6.66. The van der Waals surface area contributed by atoms with Crippen LogP contribution in [0.3, 0.4) is 0 Å². The molecule has 0 radical (unpaired) electrons. The molecule has 0 heterocycles. The number of hydrogen-bond acceptors (Lipinski definition) is 2. The molecule has 1 aromatic carbocycles. The normalized spacial score (nSPS) is 12.3. The van der Waals surface area contributed by atoms with E-state index >= 15 is 0 Å². The summed E-state index contributed by atoms with van der Waals surface area (Å²) < 4.78 is 27.8. The molecule has 0 spiro atoms. The van der Waals surface area contributed by atoms with Crippen molar-refractivity contribution in [3.63, 3.8) is 0 Å². The predicted octanol–water partition coefficient (Wildman–Crippen LogP) is 4.02. The van der Waals surface area contributed by atoms with Gasteiger partial charge in [-0.15, -0.1) is 0 Å². The third-order valence-corrected chi connectivity index (χ3v) is 5.85. The first-order chi connectivity index (χ1) is 8.97. The molecule has 0 aliphatic rings. The highest BCUT2D eigenvalue weighted by Gasteiger charge is 2.29. The first-order valence-corrected chi connectivity index (χ1v) is 9.66. The molecule has 0 bridgehead atoms. The van der Waals surface area contributed by atoms with Gasteiger partial charge < -0.3 is 0 Å². The van der Waals surface area contributed by atoms with Crippen molar-refractivity contribution >= 4 is 41.9 Å². The lowest BCUT2D eigenvalue weighted by atomic mass is 10.2. The van der Waals surface area contributed by atoms with E-state index in [9.17, 15) is 8.42 Å². The highest BCUT2D eigenvalue weighted by Crippen LogP contribution is 2.23. The van der Waals surface area contributed by atoms with E-state index in [2.05, 4.69) is 31.9 Å². The largest absolute Gasteiger partial charge is 0.243 e. The number of nitrogens with zero attached hydrogens (tertiary/aromatic N) is 1. The Morgan fingerprint density at radius 1 is 1.26 bits per heavy atom. The van der Waals surface area contributed by atoms with Crippen molar-refractivity contribution in [2.75, 3.05) is 11.9 Å². The van der Waals surface area contributed by atoms with Crippen LogP contribution in [0.5, 0.6) is 0 Å². The van der Waals surface area contributed by atoms with Crippen LogP contribution in [0.15, 0.2) is 33.6 Å². The van der Waals surface area contributed by atoms with E-state index in [0.29, 0.717) is 16.8 Å². The van der Waals surface area contributed by atoms with Gasteiger partial charge in [0.05, 0.1) is 4.90 Å². The number of alkyl halides is 1. The minimum Gasteiger partial charge on any atom is -0.207 e. The van der Waals surface area contributed by atoms with Crippen LogP contribution < -0.4 is 0 Å². The average Bonchev–Trinajstić information content (AvgIpc) is 2.39. The third-order valence-electron chi connectivity index (χ3n) is 3.06. The maximum Gasteiger partial charge on any atom is 0.243 e. The Balaban J connectivity index is 3.19. The van der Waals surface area contributed by atoms with Gasteiger partial charge in [-0.1, -0.05) is 51.8 Å². The fraction of sp³-hybridized carbons (Fsp3) is 0.538. The van der Waals surface area contributed by atoms with Crippen LogP contribution in [-0.2, 0) is 10.0 Å². The molecule has 1 aromatic rings. The molecule has 0 N–H and O–H groups in total. The molecule has 0 saturated carbocycles. The quantitative estimate of drug-likeness (QED) is 0.634. The Morgan fingerprint density at radius 3 is 2.37 bits per heavy atom. The summed E-state index contributed by atoms with van der Waals surface area (Å²) in [5.74, 6) is 0. The lowest BCUT2D eigenvalue weighted by Gasteiger charge is -2.29. The number of halogens is 2. The van der Waals surface area contributed by atoms with Crippen molar-refractivity contribution in [2.45, 2.75) is 37.6 Å². The summed E-state index contributed by atoms with van der Waals surface area (Å²) in [4.78, 5) is 0.342. The molecule has 3 nitrogen and oxygen atoms in total. The molecule has 0 aliphatic heterocycles. The van der Waals surface area contributed by atoms with E-state index in [1.54, 1.807) is 22.5 Å². The van der Waals surface area contributed by atoms with Gasteiger partial charge in [0.15, 0.2) is 0 Å². The minimum atomic E-state index is -3.44. The molecule has 0 fully saturated rings. The fourth-order valence-electron chi connectivity index (χ4n) is 2.04. The first kappa shape index (κ1) is 17.1. The van der Waals surface area contributed by atoms with Gasteiger partial charge in [-0.2, -0.15) is 4.31 Å².